The van der Waals surface area contributed by atoms with Crippen LogP contribution in [0.15, 0.2) is 42.6 Å². The molecule has 0 saturated carbocycles. The second kappa shape index (κ2) is 8.49. The number of nitrogens with zero attached hydrogens (tertiary/aromatic N) is 2. The third-order valence-corrected chi connectivity index (χ3v) is 4.68. The van der Waals surface area contributed by atoms with Gasteiger partial charge >= 0.3 is 5.97 Å². The van der Waals surface area contributed by atoms with Crippen molar-refractivity contribution in [2.75, 3.05) is 19.7 Å². The van der Waals surface area contributed by atoms with Crippen molar-refractivity contribution < 1.29 is 19.7 Å². The number of β-amino-alcohol motifs (C(OH)–C–C–N with tert-alkyl or cyclic N) is 1. The first-order valence-corrected chi connectivity index (χ1v) is 8.82. The molecule has 1 aliphatic rings. The van der Waals surface area contributed by atoms with Crippen LogP contribution in [0.25, 0.3) is 0 Å². The first-order chi connectivity index (χ1) is 12.5. The van der Waals surface area contributed by atoms with Gasteiger partial charge in [-0.05, 0) is 36.8 Å². The summed E-state index contributed by atoms with van der Waals surface area (Å²) in [6.07, 6.45) is 2.04. The Labute approximate surface area is 157 Å². The van der Waals surface area contributed by atoms with E-state index in [1.165, 1.54) is 0 Å². The van der Waals surface area contributed by atoms with Crippen LogP contribution in [0.3, 0.4) is 0 Å². The summed E-state index contributed by atoms with van der Waals surface area (Å²) >= 11 is 6.08. The van der Waals surface area contributed by atoms with Crippen molar-refractivity contribution >= 4 is 17.6 Å². The Morgan fingerprint density at radius 1 is 1.31 bits per heavy atom. The predicted molar refractivity (Wildman–Crippen MR) is 97.3 cm³/mol. The normalized spacial score (nSPS) is 20.2. The van der Waals surface area contributed by atoms with Gasteiger partial charge in [-0.2, -0.15) is 0 Å². The van der Waals surface area contributed by atoms with E-state index in [9.17, 15) is 9.90 Å². The van der Waals surface area contributed by atoms with Crippen LogP contribution in [0.4, 0.5) is 0 Å². The highest BCUT2D eigenvalue weighted by atomic mass is 35.5. The molecule has 1 aromatic carbocycles. The van der Waals surface area contributed by atoms with Crippen LogP contribution in [0.2, 0.25) is 5.02 Å². The minimum atomic E-state index is -1.03. The number of aromatic nitrogens is 1. The molecule has 0 unspecified atom stereocenters. The molecule has 0 amide bonds. The SMILES string of the molecule is O=C(O)COc1ccc(Cl)cc1CN1C[C@@H](Cc2ccccn2)[C@H](O)C1. The van der Waals surface area contributed by atoms with Crippen LogP contribution in [-0.2, 0) is 17.8 Å². The number of aliphatic hydroxyl groups excluding tert-OH is 1. The molecule has 0 radical (unpaired) electrons. The minimum Gasteiger partial charge on any atom is -0.482 e. The zero-order valence-corrected chi connectivity index (χ0v) is 15.0. The lowest BCUT2D eigenvalue weighted by Gasteiger charge is -2.18. The molecule has 1 fully saturated rings. The van der Waals surface area contributed by atoms with Gasteiger partial charge in [-0.1, -0.05) is 17.7 Å². The topological polar surface area (TPSA) is 82.9 Å². The maximum Gasteiger partial charge on any atom is 0.341 e. The lowest BCUT2D eigenvalue weighted by Crippen LogP contribution is -2.22. The highest BCUT2D eigenvalue weighted by Crippen LogP contribution is 2.28. The summed E-state index contributed by atoms with van der Waals surface area (Å²) < 4.78 is 5.36. The molecule has 0 bridgehead atoms. The number of benzene rings is 1. The average molecular weight is 377 g/mol. The maximum atomic E-state index is 10.8. The van der Waals surface area contributed by atoms with Gasteiger partial charge < -0.3 is 14.9 Å². The predicted octanol–water partition coefficient (Wildman–Crippen LogP) is 2.23. The second-order valence-corrected chi connectivity index (χ2v) is 6.92. The van der Waals surface area contributed by atoms with E-state index in [0.29, 0.717) is 23.9 Å². The van der Waals surface area contributed by atoms with Crippen LogP contribution in [-0.4, -0.2) is 51.9 Å². The molecule has 138 valence electrons. The molecule has 1 aliphatic heterocycles. The number of rotatable bonds is 7. The highest BCUT2D eigenvalue weighted by molar-refractivity contribution is 6.30. The average Bonchev–Trinajstić information content (AvgIpc) is 2.94. The lowest BCUT2D eigenvalue weighted by molar-refractivity contribution is -0.139. The van der Waals surface area contributed by atoms with Crippen LogP contribution in [0, 0.1) is 5.92 Å². The summed E-state index contributed by atoms with van der Waals surface area (Å²) in [6.45, 7) is 1.40. The molecule has 7 heteroatoms. The Kier molecular flexibility index (Phi) is 6.08. The fraction of sp³-hybridized carbons (Fsp3) is 0.368. The molecule has 26 heavy (non-hydrogen) atoms. The molecule has 2 heterocycles. The molecule has 2 atom stereocenters. The summed E-state index contributed by atoms with van der Waals surface area (Å²) in [5.74, 6) is -0.426. The first kappa shape index (κ1) is 18.6. The number of hydrogen-bond donors (Lipinski definition) is 2. The molecule has 2 N–H and O–H groups in total. The molecule has 6 nitrogen and oxygen atoms in total. The molecule has 0 spiro atoms. The Bertz CT molecular complexity index is 756. The zero-order chi connectivity index (χ0) is 18.5. The lowest BCUT2D eigenvalue weighted by atomic mass is 10.00. The second-order valence-electron chi connectivity index (χ2n) is 6.48. The fourth-order valence-corrected chi connectivity index (χ4v) is 3.45. The number of halogens is 1. The zero-order valence-electron chi connectivity index (χ0n) is 14.2. The largest absolute Gasteiger partial charge is 0.482 e. The number of carboxylic acid groups (broad SMARTS) is 1. The number of aliphatic hydroxyl groups is 1. The monoisotopic (exact) mass is 376 g/mol. The van der Waals surface area contributed by atoms with Crippen LogP contribution in [0.1, 0.15) is 11.3 Å². The van der Waals surface area contributed by atoms with Gasteiger partial charge in [0.1, 0.15) is 5.75 Å². The van der Waals surface area contributed by atoms with Gasteiger partial charge in [0, 0.05) is 48.0 Å². The van der Waals surface area contributed by atoms with E-state index in [1.54, 1.807) is 24.4 Å². The van der Waals surface area contributed by atoms with Gasteiger partial charge in [0.15, 0.2) is 6.61 Å². The van der Waals surface area contributed by atoms with Gasteiger partial charge in [0.2, 0.25) is 0 Å². The minimum absolute atomic E-state index is 0.104. The number of hydrogen-bond acceptors (Lipinski definition) is 5. The maximum absolute atomic E-state index is 10.8. The molecular formula is C19H21ClN2O4. The van der Waals surface area contributed by atoms with Crippen LogP contribution < -0.4 is 4.74 Å². The smallest absolute Gasteiger partial charge is 0.341 e. The Morgan fingerprint density at radius 2 is 2.15 bits per heavy atom. The van der Waals surface area contributed by atoms with E-state index in [4.69, 9.17) is 21.4 Å². The van der Waals surface area contributed by atoms with Crippen LogP contribution >= 0.6 is 11.6 Å². The standard InChI is InChI=1S/C19H21ClN2O4/c20-15-4-5-18(26-12-19(24)25)14(7-15)10-22-9-13(17(23)11-22)8-16-3-1-2-6-21-16/h1-7,13,17,23H,8-12H2,(H,24,25)/t13-,17-/m1/s1. The number of carboxylic acids is 1. The summed E-state index contributed by atoms with van der Waals surface area (Å²) in [6, 6.07) is 10.9. The molecule has 0 aliphatic carbocycles. The number of carbonyl (C=O) groups is 1. The third kappa shape index (κ3) is 4.94. The van der Waals surface area contributed by atoms with Crippen molar-refractivity contribution in [1.82, 2.24) is 9.88 Å². The number of pyridine rings is 1. The molecule has 1 saturated heterocycles. The number of aliphatic carboxylic acids is 1. The summed E-state index contributed by atoms with van der Waals surface area (Å²) in [5.41, 5.74) is 1.77. The van der Waals surface area contributed by atoms with Crippen molar-refractivity contribution in [3.8, 4) is 5.75 Å². The summed E-state index contributed by atoms with van der Waals surface area (Å²) in [7, 11) is 0. The molecule has 2 aromatic rings. The number of ether oxygens (including phenoxy) is 1. The number of likely N-dealkylation sites (tertiary alicyclic amines) is 1. The van der Waals surface area contributed by atoms with Gasteiger partial charge in [0.05, 0.1) is 6.10 Å². The van der Waals surface area contributed by atoms with Crippen molar-refractivity contribution in [3.63, 3.8) is 0 Å². The Balaban J connectivity index is 1.66. The van der Waals surface area contributed by atoms with Crippen molar-refractivity contribution in [1.29, 1.82) is 0 Å². The first-order valence-electron chi connectivity index (χ1n) is 8.44. The van der Waals surface area contributed by atoms with Crippen molar-refractivity contribution in [2.45, 2.75) is 19.1 Å². The van der Waals surface area contributed by atoms with Gasteiger partial charge in [-0.15, -0.1) is 0 Å². The summed E-state index contributed by atoms with van der Waals surface area (Å²) in [4.78, 5) is 17.2. The van der Waals surface area contributed by atoms with E-state index in [-0.39, 0.29) is 5.92 Å². The summed E-state index contributed by atoms with van der Waals surface area (Å²) in [5, 5.41) is 19.8. The van der Waals surface area contributed by atoms with Gasteiger partial charge in [-0.25, -0.2) is 4.79 Å². The fourth-order valence-electron chi connectivity index (χ4n) is 3.25. The van der Waals surface area contributed by atoms with E-state index in [0.717, 1.165) is 24.2 Å². The Hall–Kier alpha value is -2.15. The van der Waals surface area contributed by atoms with E-state index in [1.807, 2.05) is 18.2 Å². The Morgan fingerprint density at radius 3 is 2.88 bits per heavy atom. The quantitative estimate of drug-likeness (QED) is 0.771. The molecule has 3 rings (SSSR count). The van der Waals surface area contributed by atoms with Crippen molar-refractivity contribution in [3.05, 3.63) is 58.9 Å². The van der Waals surface area contributed by atoms with Gasteiger partial charge in [-0.3, -0.25) is 9.88 Å². The van der Waals surface area contributed by atoms with E-state index >= 15 is 0 Å². The third-order valence-electron chi connectivity index (χ3n) is 4.45. The highest BCUT2D eigenvalue weighted by Gasteiger charge is 2.32. The van der Waals surface area contributed by atoms with Crippen molar-refractivity contribution in [2.24, 2.45) is 5.92 Å². The van der Waals surface area contributed by atoms with E-state index in [2.05, 4.69) is 9.88 Å². The molecular weight excluding hydrogens is 356 g/mol. The van der Waals surface area contributed by atoms with Crippen LogP contribution in [0.5, 0.6) is 5.75 Å². The molecule has 1 aromatic heterocycles. The van der Waals surface area contributed by atoms with Gasteiger partial charge in [0.25, 0.3) is 0 Å². The van der Waals surface area contributed by atoms with E-state index < -0.39 is 18.7 Å².